The standard InChI is InChI=1S/C10H12F3NO/c1-9(2,15-14)7-5-3-4-6-8(7)10(11,12)13/h3-6H,14H2,1-2H3. The van der Waals surface area contributed by atoms with Gasteiger partial charge in [-0.05, 0) is 25.5 Å². The van der Waals surface area contributed by atoms with Gasteiger partial charge in [-0.2, -0.15) is 13.2 Å². The molecule has 0 amide bonds. The van der Waals surface area contributed by atoms with Crippen LogP contribution in [-0.2, 0) is 16.6 Å². The van der Waals surface area contributed by atoms with Crippen molar-refractivity contribution in [3.8, 4) is 0 Å². The van der Waals surface area contributed by atoms with E-state index < -0.39 is 17.3 Å². The minimum atomic E-state index is -4.40. The van der Waals surface area contributed by atoms with Crippen LogP contribution >= 0.6 is 0 Å². The van der Waals surface area contributed by atoms with Gasteiger partial charge in [0, 0.05) is 0 Å². The van der Waals surface area contributed by atoms with E-state index in [4.69, 9.17) is 5.90 Å². The number of benzene rings is 1. The molecule has 0 fully saturated rings. The Labute approximate surface area is 85.8 Å². The van der Waals surface area contributed by atoms with Gasteiger partial charge in [-0.3, -0.25) is 4.84 Å². The first-order valence-corrected chi connectivity index (χ1v) is 4.33. The SMILES string of the molecule is CC(C)(ON)c1ccccc1C(F)(F)F. The summed E-state index contributed by atoms with van der Waals surface area (Å²) in [6.07, 6.45) is -4.40. The van der Waals surface area contributed by atoms with E-state index in [9.17, 15) is 13.2 Å². The highest BCUT2D eigenvalue weighted by molar-refractivity contribution is 5.33. The van der Waals surface area contributed by atoms with Crippen LogP contribution in [0.4, 0.5) is 13.2 Å². The van der Waals surface area contributed by atoms with Crippen LogP contribution in [-0.4, -0.2) is 0 Å². The Morgan fingerprint density at radius 3 is 1.93 bits per heavy atom. The molecule has 0 bridgehead atoms. The second kappa shape index (κ2) is 3.83. The second-order valence-corrected chi connectivity index (χ2v) is 3.67. The van der Waals surface area contributed by atoms with Crippen LogP contribution in [0.15, 0.2) is 24.3 Å². The Morgan fingerprint density at radius 1 is 1.07 bits per heavy atom. The molecular formula is C10H12F3NO. The highest BCUT2D eigenvalue weighted by atomic mass is 19.4. The van der Waals surface area contributed by atoms with E-state index in [-0.39, 0.29) is 5.56 Å². The van der Waals surface area contributed by atoms with Gasteiger partial charge in [0.25, 0.3) is 0 Å². The number of nitrogens with two attached hydrogens (primary N) is 1. The number of halogens is 3. The van der Waals surface area contributed by atoms with Crippen molar-refractivity contribution in [2.45, 2.75) is 25.6 Å². The molecule has 5 heteroatoms. The van der Waals surface area contributed by atoms with Crippen molar-refractivity contribution < 1.29 is 18.0 Å². The molecule has 0 saturated carbocycles. The Morgan fingerprint density at radius 2 is 1.53 bits per heavy atom. The van der Waals surface area contributed by atoms with Crippen LogP contribution in [0.5, 0.6) is 0 Å². The smallest absolute Gasteiger partial charge is 0.294 e. The molecule has 2 N–H and O–H groups in total. The van der Waals surface area contributed by atoms with E-state index in [1.54, 1.807) is 0 Å². The third-order valence-corrected chi connectivity index (χ3v) is 2.18. The topological polar surface area (TPSA) is 35.2 Å². The molecule has 0 aromatic heterocycles. The van der Waals surface area contributed by atoms with Crippen LogP contribution in [0.25, 0.3) is 0 Å². The zero-order valence-electron chi connectivity index (χ0n) is 8.43. The lowest BCUT2D eigenvalue weighted by Crippen LogP contribution is -2.28. The Hall–Kier alpha value is -1.07. The number of rotatable bonds is 2. The van der Waals surface area contributed by atoms with E-state index in [2.05, 4.69) is 4.84 Å². The summed E-state index contributed by atoms with van der Waals surface area (Å²) in [5, 5.41) is 0. The Balaban J connectivity index is 3.31. The van der Waals surface area contributed by atoms with Gasteiger partial charge in [0.2, 0.25) is 0 Å². The summed E-state index contributed by atoms with van der Waals surface area (Å²) in [5.74, 6) is 4.98. The van der Waals surface area contributed by atoms with Gasteiger partial charge in [0.1, 0.15) is 5.60 Å². The van der Waals surface area contributed by atoms with E-state index in [1.165, 1.54) is 32.0 Å². The first-order chi connectivity index (χ1) is 6.79. The van der Waals surface area contributed by atoms with E-state index in [0.717, 1.165) is 6.07 Å². The minimum absolute atomic E-state index is 0.0278. The van der Waals surface area contributed by atoms with Gasteiger partial charge in [0.15, 0.2) is 0 Å². The second-order valence-electron chi connectivity index (χ2n) is 3.67. The molecule has 2 nitrogen and oxygen atoms in total. The van der Waals surface area contributed by atoms with Crippen LogP contribution in [0.2, 0.25) is 0 Å². The molecule has 1 rings (SSSR count). The van der Waals surface area contributed by atoms with Crippen LogP contribution in [0.1, 0.15) is 25.0 Å². The molecule has 1 aromatic carbocycles. The van der Waals surface area contributed by atoms with Crippen molar-refractivity contribution in [3.63, 3.8) is 0 Å². The van der Waals surface area contributed by atoms with E-state index >= 15 is 0 Å². The van der Waals surface area contributed by atoms with Gasteiger partial charge in [-0.25, -0.2) is 5.90 Å². The average molecular weight is 219 g/mol. The zero-order valence-corrected chi connectivity index (χ0v) is 8.43. The summed E-state index contributed by atoms with van der Waals surface area (Å²) in [4.78, 5) is 4.56. The van der Waals surface area contributed by atoms with E-state index in [0.29, 0.717) is 0 Å². The molecule has 0 aliphatic carbocycles. The fourth-order valence-electron chi connectivity index (χ4n) is 1.32. The quantitative estimate of drug-likeness (QED) is 0.776. The molecule has 0 saturated heterocycles. The lowest BCUT2D eigenvalue weighted by molar-refractivity contribution is -0.141. The third-order valence-electron chi connectivity index (χ3n) is 2.18. The predicted molar refractivity (Wildman–Crippen MR) is 49.7 cm³/mol. The first kappa shape index (κ1) is 12.0. The lowest BCUT2D eigenvalue weighted by atomic mass is 9.93. The largest absolute Gasteiger partial charge is 0.416 e. The van der Waals surface area contributed by atoms with Crippen molar-refractivity contribution in [3.05, 3.63) is 35.4 Å². The normalized spacial score (nSPS) is 12.9. The molecule has 15 heavy (non-hydrogen) atoms. The third kappa shape index (κ3) is 2.49. The Bertz CT molecular complexity index is 347. The molecule has 0 heterocycles. The molecule has 0 aliphatic heterocycles. The fourth-order valence-corrected chi connectivity index (χ4v) is 1.32. The molecule has 0 aliphatic rings. The summed E-state index contributed by atoms with van der Waals surface area (Å²) in [5.41, 5.74) is -1.85. The molecule has 0 unspecified atom stereocenters. The molecule has 1 aromatic rings. The Kier molecular flexibility index (Phi) is 3.06. The summed E-state index contributed by atoms with van der Waals surface area (Å²) in [6.45, 7) is 2.97. The van der Waals surface area contributed by atoms with Crippen molar-refractivity contribution in [1.29, 1.82) is 0 Å². The van der Waals surface area contributed by atoms with Crippen molar-refractivity contribution in [2.24, 2.45) is 5.90 Å². The highest BCUT2D eigenvalue weighted by Gasteiger charge is 2.37. The van der Waals surface area contributed by atoms with Crippen molar-refractivity contribution in [1.82, 2.24) is 0 Å². The maximum atomic E-state index is 12.6. The zero-order chi connectivity index (χ0) is 11.7. The number of hydrogen-bond donors (Lipinski definition) is 1. The fraction of sp³-hybridized carbons (Fsp3) is 0.400. The van der Waals surface area contributed by atoms with Gasteiger partial charge in [0.05, 0.1) is 5.56 Å². The predicted octanol–water partition coefficient (Wildman–Crippen LogP) is 2.83. The summed E-state index contributed by atoms with van der Waals surface area (Å²) >= 11 is 0. The summed E-state index contributed by atoms with van der Waals surface area (Å²) in [7, 11) is 0. The van der Waals surface area contributed by atoms with Crippen molar-refractivity contribution in [2.75, 3.05) is 0 Å². The molecule has 84 valence electrons. The van der Waals surface area contributed by atoms with Gasteiger partial charge in [-0.15, -0.1) is 0 Å². The molecule has 0 radical (unpaired) electrons. The maximum Gasteiger partial charge on any atom is 0.416 e. The molecule has 0 spiro atoms. The van der Waals surface area contributed by atoms with E-state index in [1.807, 2.05) is 0 Å². The van der Waals surface area contributed by atoms with Gasteiger partial charge < -0.3 is 0 Å². The lowest BCUT2D eigenvalue weighted by Gasteiger charge is -2.25. The monoisotopic (exact) mass is 219 g/mol. The van der Waals surface area contributed by atoms with Gasteiger partial charge >= 0.3 is 6.18 Å². The first-order valence-electron chi connectivity index (χ1n) is 4.33. The average Bonchev–Trinajstić information content (AvgIpc) is 2.16. The summed E-state index contributed by atoms with van der Waals surface area (Å²) < 4.78 is 37.9. The van der Waals surface area contributed by atoms with Crippen LogP contribution in [0.3, 0.4) is 0 Å². The molecule has 0 atom stereocenters. The highest BCUT2D eigenvalue weighted by Crippen LogP contribution is 2.37. The van der Waals surface area contributed by atoms with Gasteiger partial charge in [-0.1, -0.05) is 18.2 Å². The maximum absolute atomic E-state index is 12.6. The van der Waals surface area contributed by atoms with Crippen LogP contribution in [0, 0.1) is 0 Å². The summed E-state index contributed by atoms with van der Waals surface area (Å²) in [6, 6.07) is 5.22. The number of alkyl halides is 3. The number of hydrogen-bond acceptors (Lipinski definition) is 2. The molecular weight excluding hydrogens is 207 g/mol. The van der Waals surface area contributed by atoms with Crippen molar-refractivity contribution >= 4 is 0 Å². The van der Waals surface area contributed by atoms with Crippen LogP contribution < -0.4 is 5.90 Å². The minimum Gasteiger partial charge on any atom is -0.294 e.